The molecule has 0 bridgehead atoms. The predicted molar refractivity (Wildman–Crippen MR) is 97.5 cm³/mol. The van der Waals surface area contributed by atoms with Crippen molar-refractivity contribution in [1.82, 2.24) is 25.2 Å². The van der Waals surface area contributed by atoms with Gasteiger partial charge in [-0.1, -0.05) is 5.21 Å². The maximum Gasteiger partial charge on any atom is 0.222 e. The zero-order valence-electron chi connectivity index (χ0n) is 16.4. The molecule has 1 amide bonds. The number of ether oxygens (including phenoxy) is 1. The van der Waals surface area contributed by atoms with Crippen LogP contribution in [0.15, 0.2) is 6.20 Å². The number of amides is 1. The first-order chi connectivity index (χ1) is 12.2. The summed E-state index contributed by atoms with van der Waals surface area (Å²) < 4.78 is 7.91. The molecule has 4 heterocycles. The molecule has 1 aromatic rings. The molecular weight excluding hydrogens is 330 g/mol. The average Bonchev–Trinajstić information content (AvgIpc) is 3.00. The first kappa shape index (κ1) is 17.9. The van der Waals surface area contributed by atoms with Crippen LogP contribution in [0.1, 0.15) is 65.1 Å². The lowest BCUT2D eigenvalue weighted by Gasteiger charge is -2.47. The number of hydrogen-bond donors (Lipinski definition) is 1. The molecule has 4 rings (SSSR count). The second kappa shape index (κ2) is 6.30. The molecule has 0 unspecified atom stereocenters. The van der Waals surface area contributed by atoms with E-state index in [0.29, 0.717) is 25.5 Å². The number of aromatic nitrogens is 3. The van der Waals surface area contributed by atoms with E-state index in [2.05, 4.69) is 43.3 Å². The van der Waals surface area contributed by atoms with Crippen molar-refractivity contribution in [2.75, 3.05) is 13.1 Å². The van der Waals surface area contributed by atoms with Crippen LogP contribution in [-0.2, 0) is 16.1 Å². The van der Waals surface area contributed by atoms with E-state index < -0.39 is 0 Å². The molecule has 3 aliphatic heterocycles. The van der Waals surface area contributed by atoms with Crippen LogP contribution in [0.2, 0.25) is 0 Å². The van der Waals surface area contributed by atoms with Crippen LogP contribution in [-0.4, -0.2) is 56.1 Å². The smallest absolute Gasteiger partial charge is 0.222 e. The number of nitrogens with zero attached hydrogens (tertiary/aromatic N) is 4. The van der Waals surface area contributed by atoms with E-state index in [4.69, 9.17) is 4.74 Å². The van der Waals surface area contributed by atoms with Crippen molar-refractivity contribution in [1.29, 1.82) is 0 Å². The minimum atomic E-state index is 0.0759. The molecule has 3 aliphatic rings. The van der Waals surface area contributed by atoms with Crippen molar-refractivity contribution in [2.45, 2.75) is 83.2 Å². The van der Waals surface area contributed by atoms with Crippen molar-refractivity contribution in [2.24, 2.45) is 5.92 Å². The van der Waals surface area contributed by atoms with Crippen LogP contribution in [0.25, 0.3) is 0 Å². The lowest BCUT2D eigenvalue weighted by Crippen LogP contribution is -2.58. The molecule has 1 N–H and O–H groups in total. The van der Waals surface area contributed by atoms with Gasteiger partial charge < -0.3 is 15.0 Å². The maximum atomic E-state index is 13.0. The fourth-order valence-electron chi connectivity index (χ4n) is 5.46. The fraction of sp³-hybridized carbons (Fsp3) is 0.842. The second-order valence-electron chi connectivity index (χ2n) is 9.59. The Morgan fingerprint density at radius 1 is 1.31 bits per heavy atom. The molecule has 1 aromatic heterocycles. The number of nitrogens with one attached hydrogen (secondary N) is 1. The Balaban J connectivity index is 1.42. The Kier molecular flexibility index (Phi) is 4.34. The molecule has 144 valence electrons. The topological polar surface area (TPSA) is 72.3 Å². The number of carbonyl (C=O) groups excluding carboxylic acids is 1. The van der Waals surface area contributed by atoms with E-state index in [1.807, 2.05) is 9.58 Å². The third-order valence-corrected chi connectivity index (χ3v) is 6.02. The van der Waals surface area contributed by atoms with Crippen molar-refractivity contribution in [3.63, 3.8) is 0 Å². The van der Waals surface area contributed by atoms with Crippen LogP contribution in [0.4, 0.5) is 0 Å². The molecule has 0 aliphatic carbocycles. The Morgan fingerprint density at radius 3 is 2.77 bits per heavy atom. The highest BCUT2D eigenvalue weighted by Gasteiger charge is 2.41. The van der Waals surface area contributed by atoms with Gasteiger partial charge in [0.2, 0.25) is 5.91 Å². The summed E-state index contributed by atoms with van der Waals surface area (Å²) in [6.07, 6.45) is 5.49. The molecule has 0 saturated carbocycles. The van der Waals surface area contributed by atoms with Crippen molar-refractivity contribution in [3.8, 4) is 0 Å². The summed E-state index contributed by atoms with van der Waals surface area (Å²) in [5.74, 6) is 0.699. The molecule has 7 heteroatoms. The first-order valence-corrected chi connectivity index (χ1v) is 9.80. The zero-order valence-corrected chi connectivity index (χ0v) is 16.4. The third kappa shape index (κ3) is 3.51. The summed E-state index contributed by atoms with van der Waals surface area (Å²) in [5, 5.41) is 11.9. The molecular formula is C19H31N5O2. The van der Waals surface area contributed by atoms with Crippen LogP contribution in [0.5, 0.6) is 0 Å². The van der Waals surface area contributed by atoms with E-state index in [-0.39, 0.29) is 29.1 Å². The molecule has 26 heavy (non-hydrogen) atoms. The van der Waals surface area contributed by atoms with E-state index in [1.165, 1.54) is 0 Å². The maximum absolute atomic E-state index is 13.0. The summed E-state index contributed by atoms with van der Waals surface area (Å²) in [7, 11) is 0. The number of rotatable bonds is 2. The average molecular weight is 361 g/mol. The fourth-order valence-corrected chi connectivity index (χ4v) is 5.46. The molecule has 0 aromatic carbocycles. The van der Waals surface area contributed by atoms with Gasteiger partial charge in [0.15, 0.2) is 0 Å². The Bertz CT molecular complexity index is 667. The van der Waals surface area contributed by atoms with Gasteiger partial charge >= 0.3 is 0 Å². The molecule has 2 fully saturated rings. The van der Waals surface area contributed by atoms with Gasteiger partial charge in [0.05, 0.1) is 30.6 Å². The summed E-state index contributed by atoms with van der Waals surface area (Å²) >= 11 is 0. The quantitative estimate of drug-likeness (QED) is 0.871. The highest BCUT2D eigenvalue weighted by atomic mass is 16.5. The Labute approximate surface area is 155 Å². The van der Waals surface area contributed by atoms with E-state index in [9.17, 15) is 4.79 Å². The lowest BCUT2D eigenvalue weighted by atomic mass is 9.74. The van der Waals surface area contributed by atoms with Crippen LogP contribution in [0.3, 0.4) is 0 Å². The second-order valence-corrected chi connectivity index (χ2v) is 9.59. The van der Waals surface area contributed by atoms with Gasteiger partial charge in [0.1, 0.15) is 0 Å². The van der Waals surface area contributed by atoms with Gasteiger partial charge in [-0.3, -0.25) is 4.79 Å². The standard InChI is InChI=1S/C19H31N5O2/c1-18(2)8-13(9-19(3,4)21-18)7-17(25)23-6-5-16-15(11-23)24-14(12-26-16)10-20-22-24/h10,13,15-16,21H,5-9,11-12H2,1-4H3/t15-,16+/m0/s1. The van der Waals surface area contributed by atoms with Crippen LogP contribution < -0.4 is 5.32 Å². The van der Waals surface area contributed by atoms with Gasteiger partial charge in [-0.05, 0) is 52.9 Å². The van der Waals surface area contributed by atoms with Gasteiger partial charge in [0.25, 0.3) is 0 Å². The molecule has 2 atom stereocenters. The molecule has 7 nitrogen and oxygen atoms in total. The monoisotopic (exact) mass is 361 g/mol. The summed E-state index contributed by atoms with van der Waals surface area (Å²) in [4.78, 5) is 15.0. The molecule has 0 radical (unpaired) electrons. The third-order valence-electron chi connectivity index (χ3n) is 6.02. The van der Waals surface area contributed by atoms with Crippen LogP contribution in [0, 0.1) is 5.92 Å². The predicted octanol–water partition coefficient (Wildman–Crippen LogP) is 1.90. The highest BCUT2D eigenvalue weighted by Crippen LogP contribution is 2.36. The number of piperidine rings is 2. The first-order valence-electron chi connectivity index (χ1n) is 9.80. The minimum Gasteiger partial charge on any atom is -0.370 e. The minimum absolute atomic E-state index is 0.0759. The normalized spacial score (nSPS) is 30.5. The Hall–Kier alpha value is -1.47. The number of likely N-dealkylation sites (tertiary alicyclic amines) is 1. The van der Waals surface area contributed by atoms with Gasteiger partial charge in [-0.25, -0.2) is 4.68 Å². The van der Waals surface area contributed by atoms with E-state index >= 15 is 0 Å². The van der Waals surface area contributed by atoms with Crippen LogP contribution >= 0.6 is 0 Å². The Morgan fingerprint density at radius 2 is 2.04 bits per heavy atom. The van der Waals surface area contributed by atoms with E-state index in [0.717, 1.165) is 31.5 Å². The SMILES string of the molecule is CC1(C)CC(CC(=O)N2CC[C@H]3OCc4cnnn4[C@H]3C2)CC(C)(C)N1. The zero-order chi connectivity index (χ0) is 18.5. The van der Waals surface area contributed by atoms with Gasteiger partial charge in [-0.15, -0.1) is 5.10 Å². The molecule has 2 saturated heterocycles. The summed E-state index contributed by atoms with van der Waals surface area (Å²) in [5.41, 5.74) is 1.15. The van der Waals surface area contributed by atoms with Gasteiger partial charge in [-0.2, -0.15) is 0 Å². The number of hydrogen-bond acceptors (Lipinski definition) is 5. The number of carbonyl (C=O) groups is 1. The van der Waals surface area contributed by atoms with Gasteiger partial charge in [0, 0.05) is 30.6 Å². The summed E-state index contributed by atoms with van der Waals surface area (Å²) in [6, 6.07) is 0.0971. The largest absolute Gasteiger partial charge is 0.370 e. The van der Waals surface area contributed by atoms with Crippen molar-refractivity contribution >= 4 is 5.91 Å². The summed E-state index contributed by atoms with van der Waals surface area (Å²) in [6.45, 7) is 11.0. The van der Waals surface area contributed by atoms with E-state index in [1.54, 1.807) is 6.20 Å². The highest BCUT2D eigenvalue weighted by molar-refractivity contribution is 5.76. The van der Waals surface area contributed by atoms with Crippen molar-refractivity contribution < 1.29 is 9.53 Å². The number of fused-ring (bicyclic) bond motifs is 3. The lowest BCUT2D eigenvalue weighted by molar-refractivity contribution is -0.139. The van der Waals surface area contributed by atoms with Crippen molar-refractivity contribution in [3.05, 3.63) is 11.9 Å². The molecule has 0 spiro atoms.